The smallest absolute Gasteiger partial charge is 0.232 e. The number of nitrogens with zero attached hydrogens (tertiary/aromatic N) is 1. The van der Waals surface area contributed by atoms with E-state index in [0.717, 1.165) is 33.3 Å². The lowest BCUT2D eigenvalue weighted by atomic mass is 9.70. The van der Waals surface area contributed by atoms with Crippen molar-refractivity contribution in [1.29, 1.82) is 0 Å². The summed E-state index contributed by atoms with van der Waals surface area (Å²) in [4.78, 5) is 21.2. The van der Waals surface area contributed by atoms with Crippen LogP contribution in [-0.2, 0) is 4.79 Å². The number of thiazole rings is 1. The van der Waals surface area contributed by atoms with E-state index < -0.39 is 5.41 Å². The molecule has 2 aromatic heterocycles. The number of nitrogens with one attached hydrogen (secondary N) is 2. The molecule has 0 fully saturated rings. The Balaban J connectivity index is 1.56. The average Bonchev–Trinajstić information content (AvgIpc) is 3.50. The molecule has 0 aliphatic rings. The van der Waals surface area contributed by atoms with Crippen molar-refractivity contribution in [2.75, 3.05) is 5.32 Å². The van der Waals surface area contributed by atoms with Crippen molar-refractivity contribution in [2.45, 2.75) is 26.7 Å². The Morgan fingerprint density at radius 1 is 0.971 bits per heavy atom. The van der Waals surface area contributed by atoms with Gasteiger partial charge in [-0.3, -0.25) is 4.79 Å². The van der Waals surface area contributed by atoms with Crippen LogP contribution < -0.4 is 5.32 Å². The summed E-state index contributed by atoms with van der Waals surface area (Å²) in [7, 11) is 0. The van der Waals surface area contributed by atoms with Crippen molar-refractivity contribution in [3.05, 3.63) is 107 Å². The molecule has 1 atom stereocenters. The van der Waals surface area contributed by atoms with Crippen molar-refractivity contribution < 1.29 is 4.79 Å². The van der Waals surface area contributed by atoms with Gasteiger partial charge in [0.25, 0.3) is 0 Å². The highest BCUT2D eigenvalue weighted by Crippen LogP contribution is 2.43. The van der Waals surface area contributed by atoms with Crippen molar-refractivity contribution >= 4 is 33.3 Å². The van der Waals surface area contributed by atoms with Crippen LogP contribution in [0.15, 0.2) is 90.4 Å². The predicted molar refractivity (Wildman–Crippen MR) is 141 cm³/mol. The summed E-state index contributed by atoms with van der Waals surface area (Å²) < 4.78 is 0. The number of rotatable bonds is 6. The van der Waals surface area contributed by atoms with Gasteiger partial charge in [0.15, 0.2) is 5.13 Å². The first-order valence-corrected chi connectivity index (χ1v) is 12.3. The number of aromatic nitrogens is 2. The van der Waals surface area contributed by atoms with Gasteiger partial charge < -0.3 is 10.3 Å². The van der Waals surface area contributed by atoms with Gasteiger partial charge in [-0.15, -0.1) is 11.3 Å². The monoisotopic (exact) mass is 465 g/mol. The van der Waals surface area contributed by atoms with Gasteiger partial charge in [-0.25, -0.2) is 4.98 Å². The molecular weight excluding hydrogens is 438 g/mol. The molecule has 0 bridgehead atoms. The fourth-order valence-corrected chi connectivity index (χ4v) is 5.09. The molecule has 0 aliphatic carbocycles. The Morgan fingerprint density at radius 3 is 2.44 bits per heavy atom. The number of aromatic amines is 1. The van der Waals surface area contributed by atoms with Crippen molar-refractivity contribution in [3.8, 4) is 11.3 Å². The molecule has 0 aliphatic heterocycles. The Kier molecular flexibility index (Phi) is 5.80. The molecule has 2 heterocycles. The van der Waals surface area contributed by atoms with E-state index in [1.54, 1.807) is 6.20 Å². The first-order valence-electron chi connectivity index (χ1n) is 11.4. The van der Waals surface area contributed by atoms with Gasteiger partial charge in [-0.2, -0.15) is 0 Å². The molecule has 2 N–H and O–H groups in total. The quantitative estimate of drug-likeness (QED) is 0.274. The van der Waals surface area contributed by atoms with E-state index in [4.69, 9.17) is 0 Å². The number of hydrogen-bond acceptors (Lipinski definition) is 3. The highest BCUT2D eigenvalue weighted by molar-refractivity contribution is 7.13. The minimum atomic E-state index is -0.712. The third-order valence-electron chi connectivity index (χ3n) is 6.43. The maximum Gasteiger partial charge on any atom is 0.232 e. The molecule has 170 valence electrons. The van der Waals surface area contributed by atoms with Gasteiger partial charge in [0.05, 0.1) is 5.41 Å². The molecule has 1 amide bonds. The van der Waals surface area contributed by atoms with Crippen LogP contribution in [0.2, 0.25) is 0 Å². The number of amides is 1. The summed E-state index contributed by atoms with van der Waals surface area (Å²) in [5.74, 6) is -0.179. The minimum Gasteiger partial charge on any atom is -0.355 e. The van der Waals surface area contributed by atoms with Gasteiger partial charge in [-0.1, -0.05) is 80.1 Å². The molecule has 4 nitrogen and oxygen atoms in total. The highest BCUT2D eigenvalue weighted by Gasteiger charge is 2.39. The predicted octanol–water partition coefficient (Wildman–Crippen LogP) is 7.40. The van der Waals surface area contributed by atoms with Gasteiger partial charge in [-0.05, 0) is 41.8 Å². The van der Waals surface area contributed by atoms with Crippen molar-refractivity contribution in [3.63, 3.8) is 0 Å². The maximum atomic E-state index is 13.4. The minimum absolute atomic E-state index is 0.0502. The van der Waals surface area contributed by atoms with E-state index in [1.165, 1.54) is 16.9 Å². The SMILES string of the molecule is Cc1ccc(-c2cc3cc(C(c4ccccc4)C(C)(C)C(=O)Nc4nccs4)ccc3[nH]2)cc1. The molecule has 0 saturated heterocycles. The van der Waals surface area contributed by atoms with Crippen LogP contribution in [0.5, 0.6) is 0 Å². The second-order valence-electron chi connectivity index (χ2n) is 9.25. The third-order valence-corrected chi connectivity index (χ3v) is 7.12. The Labute approximate surface area is 203 Å². The Hall–Kier alpha value is -3.70. The zero-order chi connectivity index (χ0) is 23.7. The fourth-order valence-electron chi connectivity index (χ4n) is 4.57. The summed E-state index contributed by atoms with van der Waals surface area (Å²) >= 11 is 1.43. The molecule has 0 saturated carbocycles. The number of H-pyrrole nitrogens is 1. The molecule has 34 heavy (non-hydrogen) atoms. The van der Waals surface area contributed by atoms with Gasteiger partial charge >= 0.3 is 0 Å². The largest absolute Gasteiger partial charge is 0.355 e. The summed E-state index contributed by atoms with van der Waals surface area (Å²) in [5.41, 5.74) is 6.07. The lowest BCUT2D eigenvalue weighted by Gasteiger charge is -2.34. The molecule has 3 aromatic carbocycles. The van der Waals surface area contributed by atoms with Gasteiger partial charge in [0, 0.05) is 34.1 Å². The van der Waals surface area contributed by atoms with Gasteiger partial charge in [0.1, 0.15) is 0 Å². The van der Waals surface area contributed by atoms with E-state index in [-0.39, 0.29) is 11.8 Å². The number of carbonyl (C=O) groups excluding carboxylic acids is 1. The van der Waals surface area contributed by atoms with Crippen LogP contribution in [-0.4, -0.2) is 15.9 Å². The molecule has 5 rings (SSSR count). The van der Waals surface area contributed by atoms with Crippen LogP contribution in [0.25, 0.3) is 22.2 Å². The number of aryl methyl sites for hydroxylation is 1. The van der Waals surface area contributed by atoms with E-state index in [0.29, 0.717) is 5.13 Å². The zero-order valence-corrected chi connectivity index (χ0v) is 20.3. The first kappa shape index (κ1) is 22.1. The summed E-state index contributed by atoms with van der Waals surface area (Å²) in [6.45, 7) is 6.11. The summed E-state index contributed by atoms with van der Waals surface area (Å²) in [6, 6.07) is 27.4. The highest BCUT2D eigenvalue weighted by atomic mass is 32.1. The zero-order valence-electron chi connectivity index (χ0n) is 19.5. The molecule has 0 spiro atoms. The number of carbonyl (C=O) groups is 1. The number of benzene rings is 3. The second-order valence-corrected chi connectivity index (χ2v) is 10.1. The number of hydrogen-bond donors (Lipinski definition) is 2. The lowest BCUT2D eigenvalue weighted by Crippen LogP contribution is -2.37. The van der Waals surface area contributed by atoms with Crippen LogP contribution >= 0.6 is 11.3 Å². The molecule has 1 unspecified atom stereocenters. The van der Waals surface area contributed by atoms with Crippen molar-refractivity contribution in [2.24, 2.45) is 5.41 Å². The average molecular weight is 466 g/mol. The summed E-state index contributed by atoms with van der Waals surface area (Å²) in [6.07, 6.45) is 1.70. The van der Waals surface area contributed by atoms with E-state index in [2.05, 4.69) is 82.9 Å². The Morgan fingerprint density at radius 2 is 1.74 bits per heavy atom. The third kappa shape index (κ3) is 4.27. The summed E-state index contributed by atoms with van der Waals surface area (Å²) in [5, 5.41) is 6.62. The van der Waals surface area contributed by atoms with E-state index >= 15 is 0 Å². The van der Waals surface area contributed by atoms with Crippen LogP contribution in [0.3, 0.4) is 0 Å². The molecular formula is C29H27N3OS. The standard InChI is InChI=1S/C29H27N3OS/c1-19-9-11-20(12-10-19)25-18-23-17-22(13-14-24(23)31-25)26(21-7-5-4-6-8-21)29(2,3)27(33)32-28-30-15-16-34-28/h4-18,26,31H,1-3H3,(H,30,32,33). The number of anilines is 1. The fraction of sp³-hybridized carbons (Fsp3) is 0.172. The molecule has 5 heteroatoms. The van der Waals surface area contributed by atoms with Crippen LogP contribution in [0, 0.1) is 12.3 Å². The van der Waals surface area contributed by atoms with Crippen molar-refractivity contribution in [1.82, 2.24) is 9.97 Å². The van der Waals surface area contributed by atoms with Gasteiger partial charge in [0.2, 0.25) is 5.91 Å². The normalized spacial score (nSPS) is 12.6. The van der Waals surface area contributed by atoms with Crippen LogP contribution in [0.4, 0.5) is 5.13 Å². The van der Waals surface area contributed by atoms with Crippen LogP contribution in [0.1, 0.15) is 36.5 Å². The lowest BCUT2D eigenvalue weighted by molar-refractivity contribution is -0.124. The second kappa shape index (κ2) is 8.92. The maximum absolute atomic E-state index is 13.4. The van der Waals surface area contributed by atoms with E-state index in [1.807, 2.05) is 37.4 Å². The Bertz CT molecular complexity index is 1420. The molecule has 5 aromatic rings. The number of fused-ring (bicyclic) bond motifs is 1. The topological polar surface area (TPSA) is 57.8 Å². The van der Waals surface area contributed by atoms with E-state index in [9.17, 15) is 4.79 Å². The first-order chi connectivity index (χ1) is 16.4. The molecule has 0 radical (unpaired) electrons.